The van der Waals surface area contributed by atoms with E-state index in [1.807, 2.05) is 4.90 Å². The third kappa shape index (κ3) is 21.2. The maximum absolute atomic E-state index is 16.8. The summed E-state index contributed by atoms with van der Waals surface area (Å²) in [6.07, 6.45) is -11.5. The van der Waals surface area contributed by atoms with Crippen molar-refractivity contribution >= 4 is 70.5 Å². The van der Waals surface area contributed by atoms with E-state index < -0.39 is 254 Å². The zero-order chi connectivity index (χ0) is 90.9. The van der Waals surface area contributed by atoms with Gasteiger partial charge in [0, 0.05) is 48.2 Å². The average molecular weight is 1800 g/mol. The maximum Gasteiger partial charge on any atom is 0.248 e. The van der Waals surface area contributed by atoms with Gasteiger partial charge in [-0.1, -0.05) is 112 Å². The summed E-state index contributed by atoms with van der Waals surface area (Å²) in [6.45, 7) is 0.561. The Labute approximate surface area is 737 Å². The van der Waals surface area contributed by atoms with Crippen LogP contribution in [0.5, 0.6) is 69.0 Å². The minimum absolute atomic E-state index is 0.0722. The van der Waals surface area contributed by atoms with Gasteiger partial charge in [-0.3, -0.25) is 38.4 Å². The Kier molecular flexibility index (Phi) is 30.2. The molecule has 680 valence electrons. The van der Waals surface area contributed by atoms with Gasteiger partial charge in [0.25, 0.3) is 0 Å². The number of phenols is 4. The second-order valence-electron chi connectivity index (χ2n) is 32.2. The first kappa shape index (κ1) is 93.2. The molecule has 0 spiro atoms. The second-order valence-corrected chi connectivity index (χ2v) is 33.0. The standard InChI is InChI=1S/C88H102Cl2N10O27/c1-5-6-7-8-9-10-11-12-13-15-63(107)94-72-76(111)74(109)61(38-101)125-87(72)127-79-59-32-44-33-60(79)123-56-25-20-43(30-51(56)89)73(108)71-86(120)98-69(81(115)92-26-14-27-100(3)4)49-34-45(103)35-58(124-88-78(113)77(112)75(110)62(39-102)126-88)64(49)48-29-41(18-23-53(48)104)67(83(117)99-71)95-84(118)68(44)96-85(119)70-50-36-47(37-55(106)65(50)90)122-57-31-42(19-24-54(57)105)66(91-2)82(116)93-52(80(114)97-70)28-40-16-21-46(121-59)22-17-40/h16-25,29-37,52,61-62,66-78,87-88,91,101-106,108-113H,5-15,26-28,38-39H2,1-4H3,(H,92,115)(H,93,116)(H,94,107)(H,95,118)(H,96,119)(H,97,114)(H,98,120)(H,99,117)/t52-,61-,62-,66-,67-,68-,69-,70+,71+,72-,73-,74-,75-,76-,77+,78+,87+,88+/m1/s1. The van der Waals surface area contributed by atoms with Gasteiger partial charge in [-0.2, -0.15) is 0 Å². The largest absolute Gasteiger partial charge is 0.508 e. The number of benzene rings is 7. The number of hydrogen-bond acceptors (Lipinski definition) is 29. The van der Waals surface area contributed by atoms with Crippen LogP contribution in [-0.2, 0) is 54.3 Å². The highest BCUT2D eigenvalue weighted by Crippen LogP contribution is 2.51. The van der Waals surface area contributed by atoms with E-state index in [1.54, 1.807) is 14.1 Å². The molecule has 7 aromatic rings. The van der Waals surface area contributed by atoms with E-state index in [1.165, 1.54) is 61.6 Å². The number of carbonyl (C=O) groups is 8. The molecule has 21 N–H and O–H groups in total. The van der Waals surface area contributed by atoms with E-state index in [4.69, 9.17) is 56.4 Å². The van der Waals surface area contributed by atoms with Crippen molar-refractivity contribution in [2.75, 3.05) is 47.4 Å². The highest BCUT2D eigenvalue weighted by atomic mass is 35.5. The lowest BCUT2D eigenvalue weighted by molar-refractivity contribution is -0.277. The molecular formula is C88H102Cl2N10O27. The fourth-order valence-corrected chi connectivity index (χ4v) is 16.4. The number of carbonyl (C=O) groups excluding carboxylic acids is 8. The number of unbranched alkanes of at least 4 members (excludes halogenated alkanes) is 8. The van der Waals surface area contributed by atoms with Crippen LogP contribution in [0.4, 0.5) is 0 Å². The molecule has 0 saturated carbocycles. The fraction of sp³-hybridized carbons (Fsp3) is 0.432. The summed E-state index contributed by atoms with van der Waals surface area (Å²) in [5.74, 6) is -15.4. The molecule has 17 bridgehead atoms. The summed E-state index contributed by atoms with van der Waals surface area (Å²) < 4.78 is 45.0. The highest BCUT2D eigenvalue weighted by molar-refractivity contribution is 6.33. The number of likely N-dealkylation sites (N-methyl/N-ethyl adjacent to an activating group) is 1. The number of fused-ring (bicyclic) bond motifs is 14. The quantitative estimate of drug-likeness (QED) is 0.0399. The lowest BCUT2D eigenvalue weighted by Crippen LogP contribution is -2.65. The lowest BCUT2D eigenvalue weighted by atomic mass is 9.89. The summed E-state index contributed by atoms with van der Waals surface area (Å²) in [5.41, 5.74) is -2.43. The van der Waals surface area contributed by atoms with Crippen molar-refractivity contribution in [3.8, 4) is 80.1 Å². The minimum Gasteiger partial charge on any atom is -0.508 e. The van der Waals surface area contributed by atoms with Crippen molar-refractivity contribution in [2.24, 2.45) is 0 Å². The van der Waals surface area contributed by atoms with Crippen LogP contribution in [0, 0.1) is 0 Å². The monoisotopic (exact) mass is 1800 g/mol. The van der Waals surface area contributed by atoms with E-state index in [-0.39, 0.29) is 59.1 Å². The fourth-order valence-electron chi connectivity index (χ4n) is 16.0. The minimum atomic E-state index is -2.40. The zero-order valence-electron chi connectivity index (χ0n) is 69.4. The molecule has 37 nitrogen and oxygen atoms in total. The number of aliphatic hydroxyl groups is 8. The van der Waals surface area contributed by atoms with Crippen molar-refractivity contribution in [3.63, 3.8) is 0 Å². The van der Waals surface area contributed by atoms with Crippen LogP contribution in [0.15, 0.2) is 115 Å². The summed E-state index contributed by atoms with van der Waals surface area (Å²) in [6, 6.07) is 6.62. The molecule has 8 aliphatic heterocycles. The van der Waals surface area contributed by atoms with Crippen molar-refractivity contribution in [1.29, 1.82) is 0 Å². The zero-order valence-corrected chi connectivity index (χ0v) is 70.9. The Morgan fingerprint density at radius 1 is 0.528 bits per heavy atom. The predicted molar refractivity (Wildman–Crippen MR) is 452 cm³/mol. The molecule has 8 aliphatic rings. The van der Waals surface area contributed by atoms with E-state index in [0.717, 1.165) is 106 Å². The van der Waals surface area contributed by atoms with Gasteiger partial charge < -0.3 is 147 Å². The number of aromatic hydroxyl groups is 4. The molecule has 8 heterocycles. The Balaban J connectivity index is 1.04. The van der Waals surface area contributed by atoms with Crippen LogP contribution in [0.2, 0.25) is 10.0 Å². The van der Waals surface area contributed by atoms with Crippen LogP contribution < -0.4 is 71.5 Å². The van der Waals surface area contributed by atoms with Crippen LogP contribution >= 0.6 is 23.2 Å². The van der Waals surface area contributed by atoms with Gasteiger partial charge in [-0.15, -0.1) is 0 Å². The summed E-state index contributed by atoms with van der Waals surface area (Å²) in [5, 5.41) is 162. The number of aliphatic hydroxyl groups excluding tert-OH is 8. The van der Waals surface area contributed by atoms with Gasteiger partial charge in [-0.25, -0.2) is 0 Å². The molecule has 15 rings (SSSR count). The molecule has 18 atom stereocenters. The van der Waals surface area contributed by atoms with Crippen molar-refractivity contribution in [1.82, 2.24) is 52.8 Å². The predicted octanol–water partition coefficient (Wildman–Crippen LogP) is 4.22. The Hall–Kier alpha value is -11.4. The van der Waals surface area contributed by atoms with Gasteiger partial charge in [0.1, 0.15) is 137 Å². The molecule has 0 unspecified atom stereocenters. The topological polar surface area (TPSA) is 555 Å². The number of nitrogens with one attached hydrogen (secondary N) is 9. The van der Waals surface area contributed by atoms with Crippen molar-refractivity contribution in [3.05, 3.63) is 164 Å². The van der Waals surface area contributed by atoms with Gasteiger partial charge in [0.05, 0.1) is 23.3 Å². The third-order valence-electron chi connectivity index (χ3n) is 22.8. The van der Waals surface area contributed by atoms with E-state index >= 15 is 28.8 Å². The SMILES string of the molecule is CCCCCCCCCCCC(=O)N[C@H]1[C@H](Oc2c3cc4cc2Oc2ccc(cc2Cl)[C@@H](O)[C@@H]2NC(=O)[C@H](NC(=O)[C@@H]4NC(=O)[C@H]4NC(=O)[C@@H](Cc5ccc(cc5)O3)NC(=O)[C@H](NC)c3ccc(O)c(c3)Oc3cc(O)c(Cl)c4c3)c3ccc(O)c(c3)-c3c(O[C@H]4O[C@H](CO)[C@@H](O)[C@H](O)[C@@H]4O)cc(O)cc3[C@H](C(=O)NCCCN(C)C)NC2=O)O[C@H](CO)[C@@H](O)[C@@H]1O. The Morgan fingerprint density at radius 3 is 1.83 bits per heavy atom. The summed E-state index contributed by atoms with van der Waals surface area (Å²) in [4.78, 5) is 127. The average Bonchev–Trinajstić information content (AvgIpc) is 0.773. The first-order valence-electron chi connectivity index (χ1n) is 41.6. The molecule has 0 radical (unpaired) electrons. The van der Waals surface area contributed by atoms with E-state index in [9.17, 15) is 70.9 Å². The van der Waals surface area contributed by atoms with Gasteiger partial charge in [0.2, 0.25) is 65.6 Å². The summed E-state index contributed by atoms with van der Waals surface area (Å²) in [7, 11) is 4.98. The molecule has 2 fully saturated rings. The summed E-state index contributed by atoms with van der Waals surface area (Å²) >= 11 is 14.3. The number of halogens is 2. The number of phenolic OH excluding ortho intramolecular Hbond substituents is 4. The Morgan fingerprint density at radius 2 is 1.14 bits per heavy atom. The maximum atomic E-state index is 16.8. The molecule has 0 aromatic heterocycles. The van der Waals surface area contributed by atoms with Gasteiger partial charge in [-0.05, 0) is 147 Å². The molecule has 2 saturated heterocycles. The van der Waals surface area contributed by atoms with Crippen LogP contribution in [0.25, 0.3) is 11.1 Å². The smallest absolute Gasteiger partial charge is 0.248 e. The second kappa shape index (κ2) is 41.1. The molecule has 39 heteroatoms. The molecule has 0 aliphatic carbocycles. The number of rotatable bonds is 23. The molecule has 8 amide bonds. The normalized spacial score (nSPS) is 25.9. The van der Waals surface area contributed by atoms with Gasteiger partial charge >= 0.3 is 0 Å². The lowest BCUT2D eigenvalue weighted by Gasteiger charge is -2.42. The molecular weight excluding hydrogens is 1700 g/mol. The van der Waals surface area contributed by atoms with Crippen molar-refractivity contribution < 1.29 is 133 Å². The molecule has 127 heavy (non-hydrogen) atoms. The third-order valence-corrected chi connectivity index (χ3v) is 23.6. The van der Waals surface area contributed by atoms with Crippen molar-refractivity contribution in [2.45, 2.75) is 194 Å². The number of ether oxygens (including phenoxy) is 7. The van der Waals surface area contributed by atoms with Crippen LogP contribution in [0.3, 0.4) is 0 Å². The number of nitrogens with zero attached hydrogens (tertiary/aromatic N) is 1. The van der Waals surface area contributed by atoms with Crippen LogP contribution in [0.1, 0.15) is 153 Å². The highest BCUT2D eigenvalue weighted by Gasteiger charge is 2.50. The van der Waals surface area contributed by atoms with E-state index in [2.05, 4.69) is 54.8 Å². The first-order valence-corrected chi connectivity index (χ1v) is 42.4. The first-order chi connectivity index (χ1) is 60.8. The van der Waals surface area contributed by atoms with Gasteiger partial charge in [0.15, 0.2) is 23.0 Å². The number of amides is 8. The van der Waals surface area contributed by atoms with Crippen LogP contribution in [-0.4, -0.2) is 234 Å². The number of hydrogen-bond donors (Lipinski definition) is 21. The molecule has 7 aromatic carbocycles. The Bertz CT molecular complexity index is 5230. The van der Waals surface area contributed by atoms with E-state index in [0.29, 0.717) is 31.4 Å².